The van der Waals surface area contributed by atoms with Gasteiger partial charge < -0.3 is 4.90 Å². The first-order valence-electron chi connectivity index (χ1n) is 7.57. The summed E-state index contributed by atoms with van der Waals surface area (Å²) in [6, 6.07) is 1.48. The minimum Gasteiger partial charge on any atom is -0.353 e. The number of aromatic nitrogens is 4. The molecule has 0 aliphatic carbocycles. The lowest BCUT2D eigenvalue weighted by Crippen LogP contribution is -2.53. The van der Waals surface area contributed by atoms with Crippen LogP contribution in [-0.4, -0.2) is 63.0 Å². The van der Waals surface area contributed by atoms with E-state index in [0.29, 0.717) is 5.95 Å². The molecule has 1 aliphatic rings. The number of hydrogen-bond donors (Lipinski definition) is 1. The summed E-state index contributed by atoms with van der Waals surface area (Å²) in [6.45, 7) is 5.12. The van der Waals surface area contributed by atoms with Gasteiger partial charge in [-0.05, 0) is 13.0 Å². The second-order valence-corrected chi connectivity index (χ2v) is 5.32. The molecule has 120 valence electrons. The summed E-state index contributed by atoms with van der Waals surface area (Å²) in [5, 5.41) is 2.74. The predicted octanol–water partition coefficient (Wildman–Crippen LogP) is 0.416. The molecule has 1 N–H and O–H groups in total. The van der Waals surface area contributed by atoms with Gasteiger partial charge in [0.25, 0.3) is 0 Å². The maximum Gasteiger partial charge on any atom is 0.243 e. The van der Waals surface area contributed by atoms with E-state index in [0.717, 1.165) is 32.0 Å². The topological polar surface area (TPSA) is 87.1 Å². The lowest BCUT2D eigenvalue weighted by molar-refractivity contribution is -0.120. The van der Waals surface area contributed by atoms with Crippen molar-refractivity contribution in [2.75, 3.05) is 36.4 Å². The van der Waals surface area contributed by atoms with E-state index in [4.69, 9.17) is 0 Å². The Hall–Kier alpha value is -2.61. The molecule has 0 saturated carbocycles. The molecule has 2 aromatic heterocycles. The monoisotopic (exact) mass is 313 g/mol. The summed E-state index contributed by atoms with van der Waals surface area (Å²) < 4.78 is 0. The highest BCUT2D eigenvalue weighted by Crippen LogP contribution is 2.13. The van der Waals surface area contributed by atoms with E-state index in [2.05, 4.69) is 35.1 Å². The van der Waals surface area contributed by atoms with Crippen LogP contribution in [0, 0.1) is 0 Å². The average Bonchev–Trinajstić information content (AvgIpc) is 2.63. The van der Waals surface area contributed by atoms with Crippen LogP contribution in [0.4, 0.5) is 11.8 Å². The van der Waals surface area contributed by atoms with Crippen LogP contribution in [0.2, 0.25) is 0 Å². The summed E-state index contributed by atoms with van der Waals surface area (Å²) in [5.41, 5.74) is 0. The Balaban J connectivity index is 1.53. The van der Waals surface area contributed by atoms with Crippen molar-refractivity contribution in [3.8, 4) is 0 Å². The van der Waals surface area contributed by atoms with Gasteiger partial charge in [-0.1, -0.05) is 0 Å². The van der Waals surface area contributed by atoms with Crippen molar-refractivity contribution in [3.63, 3.8) is 0 Å². The molecule has 0 radical (unpaired) electrons. The molecule has 1 amide bonds. The number of amides is 1. The van der Waals surface area contributed by atoms with Gasteiger partial charge in [0.2, 0.25) is 11.9 Å². The lowest BCUT2D eigenvalue weighted by atomic mass is 10.2. The summed E-state index contributed by atoms with van der Waals surface area (Å²) in [6.07, 6.45) is 8.33. The van der Waals surface area contributed by atoms with Crippen LogP contribution in [0.15, 0.2) is 37.1 Å². The van der Waals surface area contributed by atoms with Crippen molar-refractivity contribution in [2.24, 2.45) is 0 Å². The number of nitrogens with one attached hydrogen (secondary N) is 1. The van der Waals surface area contributed by atoms with Crippen LogP contribution in [-0.2, 0) is 4.79 Å². The van der Waals surface area contributed by atoms with E-state index in [-0.39, 0.29) is 11.9 Å². The van der Waals surface area contributed by atoms with Crippen LogP contribution in [0.25, 0.3) is 0 Å². The molecule has 8 heteroatoms. The first-order chi connectivity index (χ1) is 11.2. The van der Waals surface area contributed by atoms with Crippen molar-refractivity contribution in [1.82, 2.24) is 24.8 Å². The Kier molecular flexibility index (Phi) is 4.72. The number of hydrogen-bond acceptors (Lipinski definition) is 7. The Labute approximate surface area is 134 Å². The molecule has 1 fully saturated rings. The van der Waals surface area contributed by atoms with E-state index in [9.17, 15) is 4.79 Å². The largest absolute Gasteiger partial charge is 0.353 e. The van der Waals surface area contributed by atoms with E-state index >= 15 is 0 Å². The highest BCUT2D eigenvalue weighted by atomic mass is 16.2. The number of piperazine rings is 1. The van der Waals surface area contributed by atoms with Crippen molar-refractivity contribution < 1.29 is 4.79 Å². The van der Waals surface area contributed by atoms with Crippen LogP contribution in [0.1, 0.15) is 6.92 Å². The van der Waals surface area contributed by atoms with E-state index in [1.54, 1.807) is 37.1 Å². The zero-order valence-corrected chi connectivity index (χ0v) is 13.0. The number of anilines is 2. The lowest BCUT2D eigenvalue weighted by Gasteiger charge is -2.37. The van der Waals surface area contributed by atoms with Gasteiger partial charge in [-0.3, -0.25) is 20.0 Å². The second kappa shape index (κ2) is 7.10. The molecule has 3 rings (SSSR count). The molecule has 0 spiro atoms. The van der Waals surface area contributed by atoms with E-state index < -0.39 is 0 Å². The summed E-state index contributed by atoms with van der Waals surface area (Å²) in [7, 11) is 0. The van der Waals surface area contributed by atoms with Crippen LogP contribution < -0.4 is 10.2 Å². The molecule has 3 heterocycles. The fourth-order valence-corrected chi connectivity index (χ4v) is 2.54. The molecular formula is C15H19N7O. The van der Waals surface area contributed by atoms with Crippen LogP contribution >= 0.6 is 0 Å². The SMILES string of the molecule is C[C@@H](C(=O)Nc1ncccn1)N1CCN(c2cnccn2)CC1. The standard InChI is InChI=1S/C15H19N7O/c1-12(14(23)20-15-18-3-2-4-19-15)21-7-9-22(10-8-21)13-11-16-5-6-17-13/h2-6,11-12H,7-10H2,1H3,(H,18,19,20,23)/t12-/m0/s1. The molecule has 0 bridgehead atoms. The minimum absolute atomic E-state index is 0.0934. The Bertz CT molecular complexity index is 629. The fourth-order valence-electron chi connectivity index (χ4n) is 2.54. The fraction of sp³-hybridized carbons (Fsp3) is 0.400. The highest BCUT2D eigenvalue weighted by Gasteiger charge is 2.26. The minimum atomic E-state index is -0.234. The zero-order chi connectivity index (χ0) is 16.1. The van der Waals surface area contributed by atoms with Gasteiger partial charge in [-0.2, -0.15) is 0 Å². The third-order valence-electron chi connectivity index (χ3n) is 3.92. The first-order valence-corrected chi connectivity index (χ1v) is 7.57. The molecule has 23 heavy (non-hydrogen) atoms. The molecule has 2 aromatic rings. The molecular weight excluding hydrogens is 294 g/mol. The van der Waals surface area contributed by atoms with Gasteiger partial charge in [0.15, 0.2) is 0 Å². The first kappa shape index (κ1) is 15.3. The van der Waals surface area contributed by atoms with E-state index in [1.165, 1.54) is 0 Å². The van der Waals surface area contributed by atoms with Crippen molar-refractivity contribution >= 4 is 17.7 Å². The quantitative estimate of drug-likeness (QED) is 0.875. The van der Waals surface area contributed by atoms with Gasteiger partial charge in [-0.15, -0.1) is 0 Å². The summed E-state index contributed by atoms with van der Waals surface area (Å²) in [5.74, 6) is 1.12. The molecule has 8 nitrogen and oxygen atoms in total. The van der Waals surface area contributed by atoms with Gasteiger partial charge in [-0.25, -0.2) is 15.0 Å². The Morgan fingerprint density at radius 2 is 1.83 bits per heavy atom. The Morgan fingerprint density at radius 3 is 2.48 bits per heavy atom. The molecule has 1 aliphatic heterocycles. The maximum absolute atomic E-state index is 12.3. The molecule has 0 aromatic carbocycles. The van der Waals surface area contributed by atoms with Crippen LogP contribution in [0.5, 0.6) is 0 Å². The molecule has 1 saturated heterocycles. The zero-order valence-electron chi connectivity index (χ0n) is 13.0. The average molecular weight is 313 g/mol. The van der Waals surface area contributed by atoms with Crippen molar-refractivity contribution in [3.05, 3.63) is 37.1 Å². The Morgan fingerprint density at radius 1 is 1.09 bits per heavy atom. The predicted molar refractivity (Wildman–Crippen MR) is 85.9 cm³/mol. The third kappa shape index (κ3) is 3.78. The van der Waals surface area contributed by atoms with Gasteiger partial charge in [0.1, 0.15) is 5.82 Å². The van der Waals surface area contributed by atoms with E-state index in [1.807, 2.05) is 6.92 Å². The normalized spacial score (nSPS) is 16.8. The number of nitrogens with zero attached hydrogens (tertiary/aromatic N) is 6. The maximum atomic E-state index is 12.3. The molecule has 0 unspecified atom stereocenters. The van der Waals surface area contributed by atoms with Crippen molar-refractivity contribution in [2.45, 2.75) is 13.0 Å². The van der Waals surface area contributed by atoms with Crippen LogP contribution in [0.3, 0.4) is 0 Å². The number of carbonyl (C=O) groups is 1. The van der Waals surface area contributed by atoms with Gasteiger partial charge >= 0.3 is 0 Å². The highest BCUT2D eigenvalue weighted by molar-refractivity contribution is 5.93. The number of rotatable bonds is 4. The second-order valence-electron chi connectivity index (χ2n) is 5.32. The smallest absolute Gasteiger partial charge is 0.243 e. The van der Waals surface area contributed by atoms with Crippen molar-refractivity contribution in [1.29, 1.82) is 0 Å². The van der Waals surface area contributed by atoms with Gasteiger partial charge in [0.05, 0.1) is 12.2 Å². The summed E-state index contributed by atoms with van der Waals surface area (Å²) in [4.78, 5) is 33.0. The number of carbonyl (C=O) groups excluding carboxylic acids is 1. The third-order valence-corrected chi connectivity index (χ3v) is 3.92. The molecule has 1 atom stereocenters. The van der Waals surface area contributed by atoms with Gasteiger partial charge in [0, 0.05) is 51.0 Å². The summed E-state index contributed by atoms with van der Waals surface area (Å²) >= 11 is 0.